The van der Waals surface area contributed by atoms with Crippen molar-refractivity contribution in [3.05, 3.63) is 0 Å². The molecule has 0 saturated carbocycles. The van der Waals surface area contributed by atoms with E-state index >= 15 is 0 Å². The molecule has 0 amide bonds. The zero-order valence-corrected chi connectivity index (χ0v) is 20.0. The predicted octanol–water partition coefficient (Wildman–Crippen LogP) is 9.39. The van der Waals surface area contributed by atoms with E-state index in [9.17, 15) is 0 Å². The van der Waals surface area contributed by atoms with Crippen molar-refractivity contribution >= 4 is 20.8 Å². The zero-order valence-electron chi connectivity index (χ0n) is 17.6. The summed E-state index contributed by atoms with van der Waals surface area (Å²) in [5, 5.41) is -1.64. The van der Waals surface area contributed by atoms with Gasteiger partial charge in [-0.25, -0.2) is 0 Å². The van der Waals surface area contributed by atoms with Gasteiger partial charge < -0.3 is 0 Å². The number of rotatable bonds is 18. The van der Waals surface area contributed by atoms with Gasteiger partial charge in [0.25, 0.3) is 0 Å². The third-order valence-electron chi connectivity index (χ3n) is 5.78. The van der Waals surface area contributed by atoms with Crippen molar-refractivity contribution in [2.24, 2.45) is 0 Å². The fourth-order valence-corrected chi connectivity index (χ4v) is 12.5. The number of hydrogen-bond acceptors (Lipinski definition) is 0. The van der Waals surface area contributed by atoms with Crippen molar-refractivity contribution in [1.82, 2.24) is 0 Å². The molecule has 0 nitrogen and oxygen atoms in total. The Morgan fingerprint density at radius 1 is 0.417 bits per heavy atom. The van der Waals surface area contributed by atoms with Gasteiger partial charge in [0.2, 0.25) is 0 Å². The third kappa shape index (κ3) is 11.5. The molecule has 0 aliphatic rings. The van der Waals surface area contributed by atoms with Gasteiger partial charge in [-0.1, -0.05) is 0 Å². The first kappa shape index (κ1) is 24.9. The summed E-state index contributed by atoms with van der Waals surface area (Å²) in [4.78, 5) is 0. The van der Waals surface area contributed by atoms with Crippen LogP contribution in [0.1, 0.15) is 118 Å². The van der Waals surface area contributed by atoms with Gasteiger partial charge in [0, 0.05) is 0 Å². The Hall–Kier alpha value is 0.910. The van der Waals surface area contributed by atoms with Crippen molar-refractivity contribution in [2.75, 3.05) is 24.6 Å². The summed E-state index contributed by atoms with van der Waals surface area (Å²) in [6.07, 6.45) is 26.1. The van der Waals surface area contributed by atoms with Crippen LogP contribution in [0.2, 0.25) is 0 Å². The van der Waals surface area contributed by atoms with Crippen molar-refractivity contribution in [3.63, 3.8) is 0 Å². The van der Waals surface area contributed by atoms with Crippen LogP contribution in [0, 0.1) is 0 Å². The second kappa shape index (κ2) is 15.0. The first-order chi connectivity index (χ1) is 11.5. The summed E-state index contributed by atoms with van der Waals surface area (Å²) in [5.74, 6) is 0. The molecule has 0 rings (SSSR count). The van der Waals surface area contributed by atoms with Crippen LogP contribution < -0.4 is 0 Å². The molecule has 0 heterocycles. The van der Waals surface area contributed by atoms with Crippen LogP contribution in [-0.2, 0) is 0 Å². The second-order valence-electron chi connectivity index (χ2n) is 8.25. The number of halogens is 1. The molecule has 0 aromatic rings. The Labute approximate surface area is 163 Å². The Morgan fingerprint density at radius 3 is 1.00 bits per heavy atom. The van der Waals surface area contributed by atoms with Gasteiger partial charge in [0.05, 0.1) is 0 Å². The molecule has 24 heavy (non-hydrogen) atoms. The molecule has 0 aliphatic carbocycles. The third-order valence-corrected chi connectivity index (χ3v) is 15.8. The summed E-state index contributed by atoms with van der Waals surface area (Å²) in [6, 6.07) is 0. The van der Waals surface area contributed by atoms with Gasteiger partial charge in [-0.15, -0.1) is 0 Å². The van der Waals surface area contributed by atoms with Crippen molar-refractivity contribution < 1.29 is 0 Å². The molecule has 0 unspecified atom stereocenters. The van der Waals surface area contributed by atoms with Gasteiger partial charge in [0.15, 0.2) is 0 Å². The average molecular weight is 424 g/mol. The van der Waals surface area contributed by atoms with Gasteiger partial charge >= 0.3 is 163 Å². The van der Waals surface area contributed by atoms with Crippen LogP contribution in [0.15, 0.2) is 0 Å². The molecule has 0 aliphatic heterocycles. The molecule has 2 heteroatoms. The maximum atomic E-state index is 4.58. The van der Waals surface area contributed by atoms with E-state index in [0.717, 1.165) is 0 Å². The maximum absolute atomic E-state index is 4.58. The van der Waals surface area contributed by atoms with Crippen molar-refractivity contribution in [3.8, 4) is 0 Å². The first-order valence-electron chi connectivity index (χ1n) is 11.3. The summed E-state index contributed by atoms with van der Waals surface area (Å²) in [7, 11) is 0. The molecule has 148 valence electrons. The molecule has 0 bridgehead atoms. The van der Waals surface area contributed by atoms with E-state index in [4.69, 9.17) is 0 Å². The van der Waals surface area contributed by atoms with Gasteiger partial charge in [-0.05, 0) is 0 Å². The van der Waals surface area contributed by atoms with E-state index in [2.05, 4.69) is 43.2 Å². The van der Waals surface area contributed by atoms with Crippen LogP contribution in [0.25, 0.3) is 0 Å². The van der Waals surface area contributed by atoms with E-state index in [1.165, 1.54) is 115 Å². The molecular formula is C22H48BrP. The van der Waals surface area contributed by atoms with Crippen LogP contribution in [0.3, 0.4) is 0 Å². The number of hydrogen-bond donors (Lipinski definition) is 0. The first-order valence-corrected chi connectivity index (χ1v) is 16.3. The number of unbranched alkanes of at least 4 members (excludes halogenated alkanes) is 10. The van der Waals surface area contributed by atoms with Gasteiger partial charge in [-0.3, -0.25) is 0 Å². The molecule has 0 fully saturated rings. The molecule has 0 aromatic heterocycles. The monoisotopic (exact) mass is 422 g/mol. The quantitative estimate of drug-likeness (QED) is 0.152. The predicted molar refractivity (Wildman–Crippen MR) is 123 cm³/mol. The van der Waals surface area contributed by atoms with Crippen LogP contribution >= 0.6 is 20.8 Å². The Morgan fingerprint density at radius 2 is 0.667 bits per heavy atom. The SMILES string of the molecule is CCCCCCCP(Br)(CCCCC)(CCCCC)CCCCC. The Bertz CT molecular complexity index is 248. The van der Waals surface area contributed by atoms with E-state index < -0.39 is 5.31 Å². The average Bonchev–Trinajstić information content (AvgIpc) is 2.56. The van der Waals surface area contributed by atoms with E-state index in [-0.39, 0.29) is 0 Å². The Kier molecular flexibility index (Phi) is 15.6. The molecule has 0 N–H and O–H groups in total. The van der Waals surface area contributed by atoms with Crippen LogP contribution in [0.4, 0.5) is 0 Å². The van der Waals surface area contributed by atoms with Crippen molar-refractivity contribution in [1.29, 1.82) is 0 Å². The summed E-state index contributed by atoms with van der Waals surface area (Å²) in [6.45, 7) is 9.37. The van der Waals surface area contributed by atoms with Gasteiger partial charge in [0.1, 0.15) is 0 Å². The van der Waals surface area contributed by atoms with Crippen LogP contribution in [0.5, 0.6) is 0 Å². The van der Waals surface area contributed by atoms with E-state index in [1.807, 2.05) is 0 Å². The van der Waals surface area contributed by atoms with Crippen molar-refractivity contribution in [2.45, 2.75) is 118 Å². The second-order valence-corrected chi connectivity index (χ2v) is 19.7. The minimum atomic E-state index is -1.64. The fourth-order valence-electron chi connectivity index (χ4n) is 4.05. The molecule has 0 radical (unpaired) electrons. The summed E-state index contributed by atoms with van der Waals surface area (Å²) in [5.41, 5.74) is 0. The van der Waals surface area contributed by atoms with Crippen LogP contribution in [-0.4, -0.2) is 24.6 Å². The molecule has 0 aromatic carbocycles. The fraction of sp³-hybridized carbons (Fsp3) is 1.00. The van der Waals surface area contributed by atoms with Gasteiger partial charge in [-0.2, -0.15) is 0 Å². The molecule has 0 saturated heterocycles. The normalized spacial score (nSPS) is 13.8. The standard InChI is InChI=1S/C22H48BrP/c1-5-9-13-14-18-22-24(23,19-15-10-6-2,20-16-11-7-3)21-17-12-8-4/h5-22H2,1-4H3. The zero-order chi connectivity index (χ0) is 18.2. The minimum absolute atomic E-state index is 1.36. The topological polar surface area (TPSA) is 0 Å². The van der Waals surface area contributed by atoms with E-state index in [0.29, 0.717) is 0 Å². The molecule has 0 atom stereocenters. The Balaban J connectivity index is 4.86. The molecular weight excluding hydrogens is 375 g/mol. The summed E-state index contributed by atoms with van der Waals surface area (Å²) < 4.78 is 0. The van der Waals surface area contributed by atoms with E-state index in [1.54, 1.807) is 0 Å². The molecule has 0 spiro atoms. The summed E-state index contributed by atoms with van der Waals surface area (Å²) >= 11 is 4.58.